The van der Waals surface area contributed by atoms with Gasteiger partial charge in [-0.25, -0.2) is 0 Å². The van der Waals surface area contributed by atoms with Crippen LogP contribution in [-0.2, 0) is 13.0 Å². The number of hydrogen-bond donors (Lipinski definition) is 0. The second-order valence-electron chi connectivity index (χ2n) is 3.13. The summed E-state index contributed by atoms with van der Waals surface area (Å²) >= 11 is 0. The van der Waals surface area contributed by atoms with Crippen molar-refractivity contribution >= 4 is 0 Å². The molecule has 0 aliphatic carbocycles. The normalized spacial score (nSPS) is 10.2. The van der Waals surface area contributed by atoms with Crippen LogP contribution < -0.4 is 4.74 Å². The van der Waals surface area contributed by atoms with Crippen molar-refractivity contribution in [3.8, 4) is 5.75 Å². The second kappa shape index (κ2) is 4.59. The van der Waals surface area contributed by atoms with E-state index in [1.807, 2.05) is 24.3 Å². The summed E-state index contributed by atoms with van der Waals surface area (Å²) in [7, 11) is 0. The summed E-state index contributed by atoms with van der Waals surface area (Å²) in [6, 6.07) is 7.98. The number of ether oxygens (including phenoxy) is 1. The smallest absolute Gasteiger partial charge is 0.213 e. The molecule has 0 saturated heterocycles. The number of rotatable bonds is 4. The Bertz CT molecular complexity index is 395. The van der Waals surface area contributed by atoms with E-state index in [0.29, 0.717) is 12.4 Å². The van der Waals surface area contributed by atoms with Crippen LogP contribution in [0.5, 0.6) is 5.75 Å². The summed E-state index contributed by atoms with van der Waals surface area (Å²) in [5.41, 5.74) is 1.29. The third kappa shape index (κ3) is 2.56. The number of nitrogens with zero attached hydrogens (tertiary/aromatic N) is 2. The van der Waals surface area contributed by atoms with Crippen molar-refractivity contribution in [1.29, 1.82) is 0 Å². The van der Waals surface area contributed by atoms with Gasteiger partial charge in [0.25, 0.3) is 0 Å². The molecule has 0 saturated carbocycles. The first kappa shape index (κ1) is 9.71. The highest BCUT2D eigenvalue weighted by atomic mass is 16.5. The first-order valence-electron chi connectivity index (χ1n) is 4.85. The fourth-order valence-corrected chi connectivity index (χ4v) is 1.23. The molecule has 0 spiro atoms. The second-order valence-corrected chi connectivity index (χ2v) is 3.13. The van der Waals surface area contributed by atoms with Gasteiger partial charge in [-0.3, -0.25) is 0 Å². The van der Waals surface area contributed by atoms with Gasteiger partial charge in [0.05, 0.1) is 0 Å². The van der Waals surface area contributed by atoms with Gasteiger partial charge >= 0.3 is 0 Å². The SMILES string of the molecule is CCc1ccc(OCc2ncon2)cc1. The summed E-state index contributed by atoms with van der Waals surface area (Å²) in [4.78, 5) is 3.86. The van der Waals surface area contributed by atoms with E-state index in [1.165, 1.54) is 12.0 Å². The standard InChI is InChI=1S/C11H12N2O2/c1-2-9-3-5-10(6-4-9)14-7-11-12-8-15-13-11/h3-6,8H,2,7H2,1H3. The minimum atomic E-state index is 0.335. The van der Waals surface area contributed by atoms with Crippen molar-refractivity contribution in [1.82, 2.24) is 10.1 Å². The van der Waals surface area contributed by atoms with Gasteiger partial charge in [-0.2, -0.15) is 4.98 Å². The van der Waals surface area contributed by atoms with Crippen LogP contribution >= 0.6 is 0 Å². The van der Waals surface area contributed by atoms with Gasteiger partial charge in [0.2, 0.25) is 12.2 Å². The van der Waals surface area contributed by atoms with Crippen molar-refractivity contribution in [2.45, 2.75) is 20.0 Å². The lowest BCUT2D eigenvalue weighted by Gasteiger charge is -2.03. The van der Waals surface area contributed by atoms with E-state index < -0.39 is 0 Å². The number of aryl methyl sites for hydroxylation is 1. The summed E-state index contributed by atoms with van der Waals surface area (Å²) in [5, 5.41) is 3.65. The molecular formula is C11H12N2O2. The molecule has 78 valence electrons. The Morgan fingerprint density at radius 2 is 2.07 bits per heavy atom. The van der Waals surface area contributed by atoms with E-state index >= 15 is 0 Å². The maximum Gasteiger partial charge on any atom is 0.213 e. The molecule has 0 aliphatic heterocycles. The Hall–Kier alpha value is -1.84. The first-order valence-corrected chi connectivity index (χ1v) is 4.85. The molecule has 4 heteroatoms. The predicted molar refractivity (Wildman–Crippen MR) is 54.5 cm³/mol. The molecule has 2 aromatic rings. The molecule has 1 heterocycles. The maximum atomic E-state index is 5.46. The Balaban J connectivity index is 1.93. The van der Waals surface area contributed by atoms with Gasteiger partial charge in [-0.1, -0.05) is 24.2 Å². The molecule has 2 rings (SSSR count). The van der Waals surface area contributed by atoms with Crippen LogP contribution in [0.3, 0.4) is 0 Å². The van der Waals surface area contributed by atoms with E-state index in [-0.39, 0.29) is 0 Å². The van der Waals surface area contributed by atoms with Crippen molar-refractivity contribution in [3.63, 3.8) is 0 Å². The lowest BCUT2D eigenvalue weighted by Crippen LogP contribution is -1.97. The molecule has 0 unspecified atom stereocenters. The maximum absolute atomic E-state index is 5.46. The highest BCUT2D eigenvalue weighted by Crippen LogP contribution is 2.13. The zero-order valence-corrected chi connectivity index (χ0v) is 8.51. The number of aromatic nitrogens is 2. The van der Waals surface area contributed by atoms with Crippen LogP contribution in [0.15, 0.2) is 35.2 Å². The monoisotopic (exact) mass is 204 g/mol. The van der Waals surface area contributed by atoms with Crippen molar-refractivity contribution in [2.75, 3.05) is 0 Å². The molecule has 0 aliphatic rings. The van der Waals surface area contributed by atoms with E-state index in [2.05, 4.69) is 21.6 Å². The topological polar surface area (TPSA) is 48.2 Å². The molecule has 0 radical (unpaired) electrons. The lowest BCUT2D eigenvalue weighted by atomic mass is 10.2. The summed E-state index contributed by atoms with van der Waals surface area (Å²) in [5.74, 6) is 1.37. The summed E-state index contributed by atoms with van der Waals surface area (Å²) in [6.45, 7) is 2.46. The average molecular weight is 204 g/mol. The zero-order chi connectivity index (χ0) is 10.5. The van der Waals surface area contributed by atoms with Gasteiger partial charge in [0.1, 0.15) is 5.75 Å². The van der Waals surface area contributed by atoms with Crippen LogP contribution in [0.2, 0.25) is 0 Å². The molecule has 4 nitrogen and oxygen atoms in total. The summed E-state index contributed by atoms with van der Waals surface area (Å²) < 4.78 is 10.1. The number of benzene rings is 1. The quantitative estimate of drug-likeness (QED) is 0.766. The third-order valence-corrected chi connectivity index (χ3v) is 2.11. The fourth-order valence-electron chi connectivity index (χ4n) is 1.23. The highest BCUT2D eigenvalue weighted by Gasteiger charge is 1.99. The number of hydrogen-bond acceptors (Lipinski definition) is 4. The van der Waals surface area contributed by atoms with E-state index in [4.69, 9.17) is 4.74 Å². The van der Waals surface area contributed by atoms with Crippen LogP contribution in [0, 0.1) is 0 Å². The van der Waals surface area contributed by atoms with Gasteiger partial charge in [-0.05, 0) is 24.1 Å². The lowest BCUT2D eigenvalue weighted by molar-refractivity contribution is 0.286. The minimum absolute atomic E-state index is 0.335. The van der Waals surface area contributed by atoms with Gasteiger partial charge in [-0.15, -0.1) is 0 Å². The van der Waals surface area contributed by atoms with E-state index in [9.17, 15) is 0 Å². The van der Waals surface area contributed by atoms with Gasteiger partial charge in [0, 0.05) is 0 Å². The molecule has 0 amide bonds. The Labute approximate surface area is 87.9 Å². The summed E-state index contributed by atoms with van der Waals surface area (Å²) in [6.07, 6.45) is 2.32. The van der Waals surface area contributed by atoms with E-state index in [0.717, 1.165) is 12.2 Å². The average Bonchev–Trinajstić information content (AvgIpc) is 2.80. The van der Waals surface area contributed by atoms with Crippen molar-refractivity contribution in [2.24, 2.45) is 0 Å². The molecule has 1 aromatic heterocycles. The highest BCUT2D eigenvalue weighted by molar-refractivity contribution is 5.27. The van der Waals surface area contributed by atoms with Gasteiger partial charge in [0.15, 0.2) is 6.61 Å². The van der Waals surface area contributed by atoms with Crippen molar-refractivity contribution < 1.29 is 9.26 Å². The molecular weight excluding hydrogens is 192 g/mol. The molecule has 0 fully saturated rings. The molecule has 0 bridgehead atoms. The Morgan fingerprint density at radius 3 is 2.67 bits per heavy atom. The minimum Gasteiger partial charge on any atom is -0.485 e. The van der Waals surface area contributed by atoms with Gasteiger partial charge < -0.3 is 9.26 Å². The van der Waals surface area contributed by atoms with Crippen LogP contribution in [-0.4, -0.2) is 10.1 Å². The predicted octanol–water partition coefficient (Wildman–Crippen LogP) is 2.21. The van der Waals surface area contributed by atoms with Crippen LogP contribution in [0.25, 0.3) is 0 Å². The van der Waals surface area contributed by atoms with Crippen LogP contribution in [0.1, 0.15) is 18.3 Å². The molecule has 1 aromatic carbocycles. The van der Waals surface area contributed by atoms with Crippen molar-refractivity contribution in [3.05, 3.63) is 42.0 Å². The largest absolute Gasteiger partial charge is 0.485 e. The van der Waals surface area contributed by atoms with E-state index in [1.54, 1.807) is 0 Å². The fraction of sp³-hybridized carbons (Fsp3) is 0.273. The molecule has 15 heavy (non-hydrogen) atoms. The Kier molecular flexibility index (Phi) is 2.97. The van der Waals surface area contributed by atoms with Crippen LogP contribution in [0.4, 0.5) is 0 Å². The first-order chi connectivity index (χ1) is 7.38. The molecule has 0 N–H and O–H groups in total. The third-order valence-electron chi connectivity index (χ3n) is 2.11. The molecule has 0 atom stereocenters. The zero-order valence-electron chi connectivity index (χ0n) is 8.51. The Morgan fingerprint density at radius 1 is 1.27 bits per heavy atom.